The SMILES string of the molecule is NC(=O)Nc1cccc(NCc2cccc(Br)c2)c1. The van der Waals surface area contributed by atoms with E-state index < -0.39 is 6.03 Å². The van der Waals surface area contributed by atoms with Crippen LogP contribution in [0.1, 0.15) is 5.56 Å². The van der Waals surface area contributed by atoms with Crippen molar-refractivity contribution in [2.45, 2.75) is 6.54 Å². The van der Waals surface area contributed by atoms with Crippen molar-refractivity contribution in [1.29, 1.82) is 0 Å². The second-order valence-electron chi connectivity index (χ2n) is 4.05. The number of halogens is 1. The van der Waals surface area contributed by atoms with E-state index in [2.05, 4.69) is 32.6 Å². The van der Waals surface area contributed by atoms with E-state index >= 15 is 0 Å². The molecule has 2 aromatic rings. The van der Waals surface area contributed by atoms with E-state index in [0.717, 1.165) is 10.2 Å². The van der Waals surface area contributed by atoms with Crippen LogP contribution in [-0.4, -0.2) is 6.03 Å². The Hall–Kier alpha value is -2.01. The zero-order valence-corrected chi connectivity index (χ0v) is 11.8. The van der Waals surface area contributed by atoms with E-state index in [-0.39, 0.29) is 0 Å². The Bertz CT molecular complexity index is 586. The van der Waals surface area contributed by atoms with Gasteiger partial charge in [0.15, 0.2) is 0 Å². The van der Waals surface area contributed by atoms with Crippen LogP contribution in [0.3, 0.4) is 0 Å². The van der Waals surface area contributed by atoms with Crippen LogP contribution >= 0.6 is 15.9 Å². The Labute approximate surface area is 120 Å². The van der Waals surface area contributed by atoms with E-state index in [1.807, 2.05) is 36.4 Å². The molecule has 0 spiro atoms. The van der Waals surface area contributed by atoms with Crippen molar-refractivity contribution >= 4 is 33.3 Å². The number of nitrogens with two attached hydrogens (primary N) is 1. The molecule has 0 saturated heterocycles. The van der Waals surface area contributed by atoms with E-state index in [4.69, 9.17) is 5.73 Å². The third-order valence-electron chi connectivity index (χ3n) is 2.52. The molecule has 98 valence electrons. The molecule has 2 aromatic carbocycles. The molecule has 4 N–H and O–H groups in total. The molecule has 0 aliphatic heterocycles. The van der Waals surface area contributed by atoms with E-state index in [0.29, 0.717) is 12.2 Å². The van der Waals surface area contributed by atoms with Crippen LogP contribution in [0.15, 0.2) is 53.0 Å². The summed E-state index contributed by atoms with van der Waals surface area (Å²) in [7, 11) is 0. The largest absolute Gasteiger partial charge is 0.381 e. The number of hydrogen-bond acceptors (Lipinski definition) is 2. The zero-order valence-electron chi connectivity index (χ0n) is 10.2. The quantitative estimate of drug-likeness (QED) is 0.806. The van der Waals surface area contributed by atoms with Crippen molar-refractivity contribution in [2.75, 3.05) is 10.6 Å². The highest BCUT2D eigenvalue weighted by Crippen LogP contribution is 2.17. The fraction of sp³-hybridized carbons (Fsp3) is 0.0714. The first-order valence-electron chi connectivity index (χ1n) is 5.78. The maximum absolute atomic E-state index is 10.8. The van der Waals surface area contributed by atoms with Gasteiger partial charge in [0, 0.05) is 22.4 Å². The predicted molar refractivity (Wildman–Crippen MR) is 81.1 cm³/mol. The summed E-state index contributed by atoms with van der Waals surface area (Å²) in [4.78, 5) is 10.8. The Morgan fingerprint density at radius 1 is 1.11 bits per heavy atom. The highest BCUT2D eigenvalue weighted by atomic mass is 79.9. The molecule has 0 radical (unpaired) electrons. The van der Waals surface area contributed by atoms with E-state index in [9.17, 15) is 4.79 Å². The number of hydrogen-bond donors (Lipinski definition) is 3. The van der Waals surface area contributed by atoms with E-state index in [1.165, 1.54) is 5.56 Å². The van der Waals surface area contributed by atoms with Crippen LogP contribution in [0.2, 0.25) is 0 Å². The molecule has 5 heteroatoms. The van der Waals surface area contributed by atoms with E-state index in [1.54, 1.807) is 6.07 Å². The third kappa shape index (κ3) is 4.30. The molecule has 0 aromatic heterocycles. The van der Waals surface area contributed by atoms with Crippen LogP contribution < -0.4 is 16.4 Å². The van der Waals surface area contributed by atoms with Gasteiger partial charge in [-0.1, -0.05) is 34.1 Å². The van der Waals surface area contributed by atoms with Crippen molar-refractivity contribution in [1.82, 2.24) is 0 Å². The fourth-order valence-electron chi connectivity index (χ4n) is 1.70. The second-order valence-corrected chi connectivity index (χ2v) is 4.97. The monoisotopic (exact) mass is 319 g/mol. The second kappa shape index (κ2) is 6.24. The van der Waals surface area contributed by atoms with Crippen molar-refractivity contribution in [2.24, 2.45) is 5.73 Å². The number of carbonyl (C=O) groups is 1. The minimum atomic E-state index is -0.566. The van der Waals surface area contributed by atoms with Gasteiger partial charge in [-0.2, -0.15) is 0 Å². The molecule has 2 rings (SSSR count). The lowest BCUT2D eigenvalue weighted by Crippen LogP contribution is -2.19. The Kier molecular flexibility index (Phi) is 4.41. The van der Waals surface area contributed by atoms with Gasteiger partial charge >= 0.3 is 6.03 Å². The highest BCUT2D eigenvalue weighted by molar-refractivity contribution is 9.10. The number of benzene rings is 2. The molecule has 4 nitrogen and oxygen atoms in total. The lowest BCUT2D eigenvalue weighted by Gasteiger charge is -2.09. The van der Waals surface area contributed by atoms with Crippen molar-refractivity contribution in [3.8, 4) is 0 Å². The summed E-state index contributed by atoms with van der Waals surface area (Å²) in [6.45, 7) is 0.708. The van der Waals surface area contributed by atoms with Gasteiger partial charge in [-0.25, -0.2) is 4.79 Å². The first-order chi connectivity index (χ1) is 9.13. The number of anilines is 2. The number of primary amides is 1. The summed E-state index contributed by atoms with van der Waals surface area (Å²) >= 11 is 3.44. The molecular formula is C14H14BrN3O. The van der Waals surface area contributed by atoms with Gasteiger partial charge in [0.05, 0.1) is 0 Å². The van der Waals surface area contributed by atoms with Gasteiger partial charge in [-0.15, -0.1) is 0 Å². The molecule has 0 saturated carbocycles. The maximum Gasteiger partial charge on any atom is 0.316 e. The lowest BCUT2D eigenvalue weighted by atomic mass is 10.2. The van der Waals surface area contributed by atoms with Gasteiger partial charge in [0.1, 0.15) is 0 Å². The summed E-state index contributed by atoms with van der Waals surface area (Å²) in [5, 5.41) is 5.83. The van der Waals surface area contributed by atoms with Crippen LogP contribution in [-0.2, 0) is 6.54 Å². The minimum Gasteiger partial charge on any atom is -0.381 e. The summed E-state index contributed by atoms with van der Waals surface area (Å²) < 4.78 is 1.05. The Morgan fingerprint density at radius 3 is 2.58 bits per heavy atom. The molecular weight excluding hydrogens is 306 g/mol. The molecule has 2 amide bonds. The zero-order chi connectivity index (χ0) is 13.7. The summed E-state index contributed by atoms with van der Waals surface area (Å²) in [5.41, 5.74) is 7.85. The van der Waals surface area contributed by atoms with Gasteiger partial charge in [0.2, 0.25) is 0 Å². The maximum atomic E-state index is 10.8. The molecule has 19 heavy (non-hydrogen) atoms. The first kappa shape index (κ1) is 13.4. The summed E-state index contributed by atoms with van der Waals surface area (Å²) in [5.74, 6) is 0. The third-order valence-corrected chi connectivity index (χ3v) is 3.01. The smallest absolute Gasteiger partial charge is 0.316 e. The Morgan fingerprint density at radius 2 is 1.84 bits per heavy atom. The lowest BCUT2D eigenvalue weighted by molar-refractivity contribution is 0.259. The van der Waals surface area contributed by atoms with Crippen molar-refractivity contribution < 1.29 is 4.79 Å². The standard InChI is InChI=1S/C14H14BrN3O/c15-11-4-1-3-10(7-11)9-17-12-5-2-6-13(8-12)18-14(16)19/h1-8,17H,9H2,(H3,16,18,19). The molecule has 0 bridgehead atoms. The molecule has 0 fully saturated rings. The summed E-state index contributed by atoms with van der Waals surface area (Å²) in [6.07, 6.45) is 0. The van der Waals surface area contributed by atoms with Gasteiger partial charge in [-0.3, -0.25) is 0 Å². The first-order valence-corrected chi connectivity index (χ1v) is 6.57. The molecule has 0 atom stereocenters. The average Bonchev–Trinajstić information content (AvgIpc) is 2.36. The molecule has 0 aliphatic carbocycles. The molecule has 0 unspecified atom stereocenters. The number of amides is 2. The Balaban J connectivity index is 2.01. The average molecular weight is 320 g/mol. The van der Waals surface area contributed by atoms with Gasteiger partial charge in [0.25, 0.3) is 0 Å². The molecule has 0 aliphatic rings. The van der Waals surface area contributed by atoms with Gasteiger partial charge < -0.3 is 16.4 Å². The molecule has 0 heterocycles. The van der Waals surface area contributed by atoms with Crippen LogP contribution in [0, 0.1) is 0 Å². The normalized spacial score (nSPS) is 9.95. The van der Waals surface area contributed by atoms with Crippen molar-refractivity contribution in [3.05, 3.63) is 58.6 Å². The topological polar surface area (TPSA) is 67.2 Å². The predicted octanol–water partition coefficient (Wildman–Crippen LogP) is 3.55. The summed E-state index contributed by atoms with van der Waals surface area (Å²) in [6, 6.07) is 14.9. The number of rotatable bonds is 4. The highest BCUT2D eigenvalue weighted by Gasteiger charge is 1.99. The van der Waals surface area contributed by atoms with Crippen LogP contribution in [0.5, 0.6) is 0 Å². The number of nitrogens with one attached hydrogen (secondary N) is 2. The van der Waals surface area contributed by atoms with Crippen molar-refractivity contribution in [3.63, 3.8) is 0 Å². The van der Waals surface area contributed by atoms with Gasteiger partial charge in [-0.05, 0) is 35.9 Å². The number of carbonyl (C=O) groups excluding carboxylic acids is 1. The van der Waals surface area contributed by atoms with Crippen LogP contribution in [0.25, 0.3) is 0 Å². The van der Waals surface area contributed by atoms with Crippen LogP contribution in [0.4, 0.5) is 16.2 Å². The number of urea groups is 1. The fourth-order valence-corrected chi connectivity index (χ4v) is 2.15. The minimum absolute atomic E-state index is 0.566.